The first-order valence-corrected chi connectivity index (χ1v) is 11.7. The molecule has 9 heteroatoms. The Hall–Kier alpha value is -4.24. The van der Waals surface area contributed by atoms with Gasteiger partial charge in [0.2, 0.25) is 11.8 Å². The van der Waals surface area contributed by atoms with Gasteiger partial charge in [-0.1, -0.05) is 36.9 Å². The minimum atomic E-state index is -0.543. The second kappa shape index (κ2) is 9.09. The molecule has 0 aliphatic carbocycles. The number of aliphatic hydroxyl groups excluding tert-OH is 1. The molecule has 3 heterocycles. The number of carbonyl (C=O) groups is 4. The van der Waals surface area contributed by atoms with Crippen LogP contribution in [0, 0.1) is 0 Å². The third-order valence-electron chi connectivity index (χ3n) is 6.97. The average Bonchev–Trinajstić information content (AvgIpc) is 3.21. The number of imide groups is 1. The van der Waals surface area contributed by atoms with E-state index in [2.05, 4.69) is 16.5 Å². The van der Waals surface area contributed by atoms with Gasteiger partial charge in [0.25, 0.3) is 0 Å². The number of likely N-dealkylation sites (N-methyl/N-ethyl adjacent to an activating group) is 1. The van der Waals surface area contributed by atoms with Crippen LogP contribution < -0.4 is 5.32 Å². The zero-order chi connectivity index (χ0) is 25.6. The highest BCUT2D eigenvalue weighted by molar-refractivity contribution is 6.04. The summed E-state index contributed by atoms with van der Waals surface area (Å²) in [5.74, 6) is -1.31. The fourth-order valence-corrected chi connectivity index (χ4v) is 5.11. The Morgan fingerprint density at radius 3 is 2.56 bits per heavy atom. The van der Waals surface area contributed by atoms with Crippen molar-refractivity contribution in [2.75, 3.05) is 20.2 Å². The van der Waals surface area contributed by atoms with Crippen LogP contribution in [0.2, 0.25) is 0 Å². The second-order valence-corrected chi connectivity index (χ2v) is 9.11. The van der Waals surface area contributed by atoms with Crippen LogP contribution in [0.25, 0.3) is 10.9 Å². The molecule has 1 saturated heterocycles. The van der Waals surface area contributed by atoms with Crippen molar-refractivity contribution in [3.63, 3.8) is 0 Å². The van der Waals surface area contributed by atoms with Gasteiger partial charge in [-0.15, -0.1) is 0 Å². The van der Waals surface area contributed by atoms with E-state index in [1.54, 1.807) is 17.0 Å². The molecule has 9 nitrogen and oxygen atoms in total. The molecule has 2 bridgehead atoms. The van der Waals surface area contributed by atoms with Crippen molar-refractivity contribution >= 4 is 34.5 Å². The number of amides is 4. The van der Waals surface area contributed by atoms with Crippen LogP contribution in [0.5, 0.6) is 0 Å². The van der Waals surface area contributed by atoms with Crippen LogP contribution in [0.4, 0.5) is 4.79 Å². The lowest BCUT2D eigenvalue weighted by Gasteiger charge is -2.41. The number of aromatic nitrogens is 1. The molecule has 1 atom stereocenters. The number of nitrogens with one attached hydrogen (secondary N) is 1. The quantitative estimate of drug-likeness (QED) is 0.393. The Labute approximate surface area is 207 Å². The number of benzene rings is 2. The zero-order valence-electron chi connectivity index (χ0n) is 19.9. The number of hydrogen-bond acceptors (Lipinski definition) is 5. The predicted molar refractivity (Wildman–Crippen MR) is 132 cm³/mol. The number of fused-ring (bicyclic) bond motifs is 6. The summed E-state index contributed by atoms with van der Waals surface area (Å²) in [7, 11) is 1.51. The summed E-state index contributed by atoms with van der Waals surface area (Å²) in [6, 6.07) is 12.7. The Kier molecular flexibility index (Phi) is 5.93. The molecule has 184 valence electrons. The van der Waals surface area contributed by atoms with Gasteiger partial charge in [0.15, 0.2) is 5.78 Å². The smallest absolute Gasteiger partial charge is 0.326 e. The molecule has 2 N–H and O–H groups in total. The van der Waals surface area contributed by atoms with E-state index in [4.69, 9.17) is 5.11 Å². The minimum Gasteiger partial charge on any atom is -0.388 e. The maximum absolute atomic E-state index is 13.1. The van der Waals surface area contributed by atoms with Crippen LogP contribution in [0.3, 0.4) is 0 Å². The molecule has 2 aliphatic rings. The van der Waals surface area contributed by atoms with Crippen molar-refractivity contribution in [3.05, 3.63) is 83.1 Å². The number of nitrogens with zero attached hydrogens (tertiary/aromatic N) is 3. The van der Waals surface area contributed by atoms with Gasteiger partial charge in [-0.3, -0.25) is 19.3 Å². The molecule has 0 saturated carbocycles. The molecule has 2 aliphatic heterocycles. The molecular weight excluding hydrogens is 460 g/mol. The minimum absolute atomic E-state index is 0.228. The molecule has 1 aromatic heterocycles. The molecule has 1 fully saturated rings. The number of carbonyl (C=O) groups excluding carboxylic acids is 4. The maximum Gasteiger partial charge on any atom is 0.326 e. The highest BCUT2D eigenvalue weighted by Gasteiger charge is 2.44. The third-order valence-corrected chi connectivity index (χ3v) is 6.97. The van der Waals surface area contributed by atoms with E-state index in [-0.39, 0.29) is 23.6 Å². The van der Waals surface area contributed by atoms with Crippen molar-refractivity contribution in [1.82, 2.24) is 19.7 Å². The van der Waals surface area contributed by atoms with Crippen molar-refractivity contribution in [2.45, 2.75) is 25.6 Å². The van der Waals surface area contributed by atoms with E-state index in [0.29, 0.717) is 31.7 Å². The van der Waals surface area contributed by atoms with Gasteiger partial charge in [-0.2, -0.15) is 0 Å². The third kappa shape index (κ3) is 3.87. The monoisotopic (exact) mass is 486 g/mol. The molecule has 36 heavy (non-hydrogen) atoms. The number of urea groups is 1. The Morgan fingerprint density at radius 2 is 1.86 bits per heavy atom. The average molecular weight is 487 g/mol. The van der Waals surface area contributed by atoms with Gasteiger partial charge in [-0.25, -0.2) is 4.79 Å². The second-order valence-electron chi connectivity index (χ2n) is 9.11. The number of aliphatic hydroxyl groups is 1. The first kappa shape index (κ1) is 23.5. The molecule has 0 radical (unpaired) electrons. The molecular formula is C27H26N4O5. The molecule has 1 unspecified atom stereocenters. The Morgan fingerprint density at radius 1 is 1.14 bits per heavy atom. The van der Waals surface area contributed by atoms with Crippen LogP contribution >= 0.6 is 0 Å². The van der Waals surface area contributed by atoms with E-state index in [0.717, 1.165) is 33.3 Å². The summed E-state index contributed by atoms with van der Waals surface area (Å²) >= 11 is 0. The van der Waals surface area contributed by atoms with Crippen molar-refractivity contribution in [1.29, 1.82) is 0 Å². The lowest BCUT2D eigenvalue weighted by atomic mass is 9.88. The summed E-state index contributed by atoms with van der Waals surface area (Å²) in [5, 5.41) is 12.8. The highest BCUT2D eigenvalue weighted by Crippen LogP contribution is 2.41. The number of rotatable bonds is 7. The SMILES string of the molecule is C=CC(=O)NCc1ccc2c(c1)c1c(n2Cc2ccc(C(=O)CO)cc2)CN2CC1C(=O)N(C)C2=O. The van der Waals surface area contributed by atoms with Crippen molar-refractivity contribution < 1.29 is 24.3 Å². The lowest BCUT2D eigenvalue weighted by molar-refractivity contribution is -0.132. The molecule has 0 spiro atoms. The molecule has 2 aromatic carbocycles. The predicted octanol–water partition coefficient (Wildman–Crippen LogP) is 2.16. The van der Waals surface area contributed by atoms with Crippen LogP contribution in [-0.4, -0.2) is 63.3 Å². The molecule has 3 aromatic rings. The Bertz CT molecular complexity index is 1420. The summed E-state index contributed by atoms with van der Waals surface area (Å²) in [4.78, 5) is 52.2. The topological polar surface area (TPSA) is 112 Å². The van der Waals surface area contributed by atoms with Crippen molar-refractivity contribution in [2.24, 2.45) is 0 Å². The van der Waals surface area contributed by atoms with Gasteiger partial charge < -0.3 is 19.9 Å². The van der Waals surface area contributed by atoms with Gasteiger partial charge in [0, 0.05) is 48.8 Å². The van der Waals surface area contributed by atoms with Gasteiger partial charge in [0.1, 0.15) is 6.61 Å². The fourth-order valence-electron chi connectivity index (χ4n) is 5.11. The summed E-state index contributed by atoms with van der Waals surface area (Å²) in [6.45, 7) is 4.45. The largest absolute Gasteiger partial charge is 0.388 e. The van der Waals surface area contributed by atoms with Crippen LogP contribution in [0.1, 0.15) is 38.7 Å². The van der Waals surface area contributed by atoms with Gasteiger partial charge in [-0.05, 0) is 34.9 Å². The standard InChI is InChI=1S/C27H26N4O5/c1-3-24(34)28-11-17-6-9-21-19(10-17)25-20-13-30(27(36)29(2)26(20)35)14-22(25)31(21)12-16-4-7-18(8-5-16)23(33)15-32/h3-10,20,32H,1,11-15H2,2H3,(H,28,34). The first-order valence-electron chi connectivity index (χ1n) is 11.7. The van der Waals surface area contributed by atoms with Crippen LogP contribution in [0.15, 0.2) is 55.1 Å². The summed E-state index contributed by atoms with van der Waals surface area (Å²) in [5.41, 5.74) is 5.00. The summed E-state index contributed by atoms with van der Waals surface area (Å²) in [6.07, 6.45) is 1.22. The number of ketones is 1. The zero-order valence-corrected chi connectivity index (χ0v) is 19.9. The van der Waals surface area contributed by atoms with Crippen LogP contribution in [-0.2, 0) is 29.2 Å². The van der Waals surface area contributed by atoms with E-state index < -0.39 is 12.5 Å². The fraction of sp³-hybridized carbons (Fsp3) is 0.259. The maximum atomic E-state index is 13.1. The van der Waals surface area contributed by atoms with E-state index in [1.807, 2.05) is 30.3 Å². The first-order chi connectivity index (χ1) is 17.3. The van der Waals surface area contributed by atoms with E-state index in [1.165, 1.54) is 18.0 Å². The normalized spacial score (nSPS) is 16.8. The molecule has 4 amide bonds. The van der Waals surface area contributed by atoms with Gasteiger partial charge in [0.05, 0.1) is 12.5 Å². The van der Waals surface area contributed by atoms with E-state index in [9.17, 15) is 19.2 Å². The number of hydrogen-bond donors (Lipinski definition) is 2. The Balaban J connectivity index is 1.61. The van der Waals surface area contributed by atoms with Crippen molar-refractivity contribution in [3.8, 4) is 0 Å². The summed E-state index contributed by atoms with van der Waals surface area (Å²) < 4.78 is 2.12. The molecule has 5 rings (SSSR count). The lowest BCUT2D eigenvalue weighted by Crippen LogP contribution is -2.56. The van der Waals surface area contributed by atoms with Gasteiger partial charge >= 0.3 is 6.03 Å². The van der Waals surface area contributed by atoms with E-state index >= 15 is 0 Å². The number of Topliss-reactive ketones (excluding diaryl/α,β-unsaturated/α-hetero) is 1. The highest BCUT2D eigenvalue weighted by atomic mass is 16.3.